The van der Waals surface area contributed by atoms with Crippen molar-refractivity contribution in [3.63, 3.8) is 0 Å². The number of nitrogens with zero attached hydrogens (tertiary/aromatic N) is 2. The number of fused-ring (bicyclic) bond motifs is 1. The largest absolute Gasteiger partial charge is 0.497 e. The lowest BCUT2D eigenvalue weighted by atomic mass is 9.92. The van der Waals surface area contributed by atoms with E-state index < -0.39 is 6.04 Å². The van der Waals surface area contributed by atoms with Crippen molar-refractivity contribution in [2.24, 2.45) is 4.99 Å². The van der Waals surface area contributed by atoms with Gasteiger partial charge in [-0.15, -0.1) is 0 Å². The Kier molecular flexibility index (Phi) is 5.50. The van der Waals surface area contributed by atoms with Gasteiger partial charge in [-0.25, -0.2) is 4.99 Å². The lowest BCUT2D eigenvalue weighted by molar-refractivity contribution is -0.125. The van der Waals surface area contributed by atoms with Crippen molar-refractivity contribution in [2.75, 3.05) is 25.3 Å². The molecule has 2 heterocycles. The molecule has 154 valence electrons. The fourth-order valence-electron chi connectivity index (χ4n) is 3.59. The van der Waals surface area contributed by atoms with Crippen LogP contribution in [0.3, 0.4) is 0 Å². The molecule has 2 amide bonds. The molecular formula is C22H21N3O4S. The quantitative estimate of drug-likeness (QED) is 0.795. The number of nitrogens with one attached hydrogen (secondary N) is 1. The smallest absolute Gasteiger partial charge is 0.255 e. The van der Waals surface area contributed by atoms with Crippen LogP contribution in [0.15, 0.2) is 64.8 Å². The third-order valence-corrected chi connectivity index (χ3v) is 5.93. The Balaban J connectivity index is 1.83. The summed E-state index contributed by atoms with van der Waals surface area (Å²) in [6.45, 7) is 1.79. The Morgan fingerprint density at radius 2 is 1.93 bits per heavy atom. The van der Waals surface area contributed by atoms with Crippen LogP contribution >= 0.6 is 11.8 Å². The minimum absolute atomic E-state index is 0.0980. The van der Waals surface area contributed by atoms with E-state index in [1.165, 1.54) is 11.8 Å². The first kappa shape index (κ1) is 20.0. The van der Waals surface area contributed by atoms with E-state index in [0.29, 0.717) is 39.2 Å². The van der Waals surface area contributed by atoms with Gasteiger partial charge in [-0.3, -0.25) is 14.5 Å². The van der Waals surface area contributed by atoms with E-state index >= 15 is 0 Å². The number of benzene rings is 2. The zero-order chi connectivity index (χ0) is 21.3. The van der Waals surface area contributed by atoms with Gasteiger partial charge in [0, 0.05) is 17.3 Å². The summed E-state index contributed by atoms with van der Waals surface area (Å²) < 4.78 is 10.9. The number of rotatable bonds is 5. The van der Waals surface area contributed by atoms with Crippen LogP contribution in [0.4, 0.5) is 5.69 Å². The van der Waals surface area contributed by atoms with Crippen LogP contribution < -0.4 is 14.8 Å². The van der Waals surface area contributed by atoms with Crippen LogP contribution in [-0.4, -0.2) is 41.9 Å². The molecule has 2 aromatic rings. The molecule has 1 saturated heterocycles. The van der Waals surface area contributed by atoms with Crippen LogP contribution in [0.25, 0.3) is 0 Å². The predicted octanol–water partition coefficient (Wildman–Crippen LogP) is 3.60. The van der Waals surface area contributed by atoms with Gasteiger partial charge in [-0.1, -0.05) is 30.0 Å². The highest BCUT2D eigenvalue weighted by Gasteiger charge is 2.43. The number of hydrogen-bond acceptors (Lipinski definition) is 6. The molecule has 0 aromatic heterocycles. The van der Waals surface area contributed by atoms with E-state index in [2.05, 4.69) is 10.3 Å². The van der Waals surface area contributed by atoms with Crippen LogP contribution in [0, 0.1) is 0 Å². The second kappa shape index (κ2) is 8.23. The van der Waals surface area contributed by atoms with Crippen molar-refractivity contribution >= 4 is 34.4 Å². The number of carbonyl (C=O) groups excluding carboxylic acids is 2. The molecule has 0 unspecified atom stereocenters. The molecule has 0 bridgehead atoms. The molecule has 1 N–H and O–H groups in total. The van der Waals surface area contributed by atoms with E-state index in [9.17, 15) is 9.59 Å². The monoisotopic (exact) mass is 423 g/mol. The van der Waals surface area contributed by atoms with Gasteiger partial charge in [0.05, 0.1) is 37.3 Å². The summed E-state index contributed by atoms with van der Waals surface area (Å²) in [6.07, 6.45) is 0. The van der Waals surface area contributed by atoms with Crippen molar-refractivity contribution in [1.29, 1.82) is 0 Å². The molecule has 1 fully saturated rings. The molecule has 0 aliphatic carbocycles. The molecule has 1 atom stereocenters. The number of ether oxygens (including phenoxy) is 2. The maximum Gasteiger partial charge on any atom is 0.255 e. The molecule has 2 aliphatic heterocycles. The number of carbonyl (C=O) groups is 2. The van der Waals surface area contributed by atoms with Crippen LogP contribution in [0.2, 0.25) is 0 Å². The number of amidine groups is 1. The van der Waals surface area contributed by atoms with Gasteiger partial charge in [0.2, 0.25) is 5.91 Å². The number of methoxy groups -OCH3 is 2. The first-order chi connectivity index (χ1) is 14.5. The fraction of sp³-hybridized carbons (Fsp3) is 0.227. The Labute approximate surface area is 178 Å². The lowest BCUT2D eigenvalue weighted by Gasteiger charge is -2.34. The molecule has 4 rings (SSSR count). The highest BCUT2D eigenvalue weighted by Crippen LogP contribution is 2.44. The molecule has 2 aromatic carbocycles. The molecule has 2 aliphatic rings. The highest BCUT2D eigenvalue weighted by molar-refractivity contribution is 8.15. The van der Waals surface area contributed by atoms with Crippen molar-refractivity contribution in [1.82, 2.24) is 4.90 Å². The second-order valence-corrected chi connectivity index (χ2v) is 7.72. The van der Waals surface area contributed by atoms with E-state index in [1.807, 2.05) is 36.4 Å². The zero-order valence-corrected chi connectivity index (χ0v) is 17.7. The number of anilines is 1. The average Bonchev–Trinajstić information content (AvgIpc) is 3.13. The summed E-state index contributed by atoms with van der Waals surface area (Å²) in [5, 5.41) is 3.51. The van der Waals surface area contributed by atoms with Gasteiger partial charge in [-0.05, 0) is 31.2 Å². The molecule has 0 spiro atoms. The molecule has 30 heavy (non-hydrogen) atoms. The maximum absolute atomic E-state index is 13.3. The zero-order valence-electron chi connectivity index (χ0n) is 16.8. The highest BCUT2D eigenvalue weighted by atomic mass is 32.2. The first-order valence-electron chi connectivity index (χ1n) is 9.36. The van der Waals surface area contributed by atoms with Gasteiger partial charge in [0.25, 0.3) is 5.91 Å². The molecule has 0 radical (unpaired) electrons. The Hall–Kier alpha value is -3.26. The van der Waals surface area contributed by atoms with Gasteiger partial charge in [-0.2, -0.15) is 0 Å². The molecule has 7 nitrogen and oxygen atoms in total. The molecular weight excluding hydrogens is 402 g/mol. The third kappa shape index (κ3) is 3.54. The number of amides is 2. The summed E-state index contributed by atoms with van der Waals surface area (Å²) in [6, 6.07) is 13.9. The predicted molar refractivity (Wildman–Crippen MR) is 117 cm³/mol. The van der Waals surface area contributed by atoms with Gasteiger partial charge < -0.3 is 14.8 Å². The van der Waals surface area contributed by atoms with Gasteiger partial charge in [0.15, 0.2) is 5.17 Å². The van der Waals surface area contributed by atoms with E-state index in [4.69, 9.17) is 9.47 Å². The third-order valence-electron chi connectivity index (χ3n) is 5.00. The average molecular weight is 423 g/mol. The summed E-state index contributed by atoms with van der Waals surface area (Å²) in [5.74, 6) is 1.03. The lowest BCUT2D eigenvalue weighted by Crippen LogP contribution is -2.40. The summed E-state index contributed by atoms with van der Waals surface area (Å²) in [4.78, 5) is 32.2. The fourth-order valence-corrected chi connectivity index (χ4v) is 4.53. The maximum atomic E-state index is 13.3. The van der Waals surface area contributed by atoms with Crippen molar-refractivity contribution in [3.05, 3.63) is 65.4 Å². The van der Waals surface area contributed by atoms with Crippen LogP contribution in [-0.2, 0) is 9.59 Å². The van der Waals surface area contributed by atoms with Crippen molar-refractivity contribution in [3.8, 4) is 11.5 Å². The second-order valence-electron chi connectivity index (χ2n) is 6.78. The SMILES string of the molecule is COc1ccc([C@H]2C(C(=O)Nc3ccccc3)=C(C)N=C3SCC(=O)N32)c(OC)c1. The topological polar surface area (TPSA) is 80.2 Å². The minimum atomic E-state index is -0.649. The Bertz CT molecular complexity index is 1070. The Morgan fingerprint density at radius 1 is 1.17 bits per heavy atom. The number of hydrogen-bond donors (Lipinski definition) is 1. The first-order valence-corrected chi connectivity index (χ1v) is 10.3. The summed E-state index contributed by atoms with van der Waals surface area (Å²) in [7, 11) is 3.13. The van der Waals surface area contributed by atoms with Crippen LogP contribution in [0.5, 0.6) is 11.5 Å². The van der Waals surface area contributed by atoms with Gasteiger partial charge >= 0.3 is 0 Å². The number of allylic oxidation sites excluding steroid dienone is 1. The van der Waals surface area contributed by atoms with Crippen molar-refractivity contribution < 1.29 is 19.1 Å². The normalized spacial score (nSPS) is 18.1. The standard InChI is InChI=1S/C22H21N3O4S/c1-13-19(21(27)24-14-7-5-4-6-8-14)20(25-18(26)12-30-22(25)23-13)16-10-9-15(28-2)11-17(16)29-3/h4-11,20H,12H2,1-3H3,(H,24,27)/t20-/m0/s1. The molecule has 8 heteroatoms. The molecule has 0 saturated carbocycles. The van der Waals surface area contributed by atoms with Crippen molar-refractivity contribution in [2.45, 2.75) is 13.0 Å². The number of para-hydroxylation sites is 1. The van der Waals surface area contributed by atoms with Crippen LogP contribution in [0.1, 0.15) is 18.5 Å². The summed E-state index contributed by atoms with van der Waals surface area (Å²) in [5.41, 5.74) is 2.33. The number of aliphatic imine (C=N–C) groups is 1. The van der Waals surface area contributed by atoms with E-state index in [-0.39, 0.29) is 17.6 Å². The van der Waals surface area contributed by atoms with E-state index in [1.54, 1.807) is 38.2 Å². The van der Waals surface area contributed by atoms with Gasteiger partial charge in [0.1, 0.15) is 11.5 Å². The Morgan fingerprint density at radius 3 is 2.63 bits per heavy atom. The minimum Gasteiger partial charge on any atom is -0.497 e. The number of thioether (sulfide) groups is 1. The van der Waals surface area contributed by atoms with E-state index in [0.717, 1.165) is 0 Å². The summed E-state index contributed by atoms with van der Waals surface area (Å²) >= 11 is 1.37.